The highest BCUT2D eigenvalue weighted by Gasteiger charge is 2.38. The molecule has 0 unspecified atom stereocenters. The summed E-state index contributed by atoms with van der Waals surface area (Å²) in [5.41, 5.74) is 1.98. The van der Waals surface area contributed by atoms with Crippen LogP contribution in [0.25, 0.3) is 0 Å². The van der Waals surface area contributed by atoms with Crippen LogP contribution in [0.15, 0.2) is 41.3 Å². The van der Waals surface area contributed by atoms with Crippen LogP contribution < -0.4 is 4.74 Å². The van der Waals surface area contributed by atoms with E-state index in [1.165, 1.54) is 6.26 Å². The Balaban J connectivity index is 1.92. The van der Waals surface area contributed by atoms with Crippen molar-refractivity contribution in [2.24, 2.45) is 0 Å². The summed E-state index contributed by atoms with van der Waals surface area (Å²) in [6, 6.07) is 10.1. The summed E-state index contributed by atoms with van der Waals surface area (Å²) in [7, 11) is 0.440. The molecule has 0 aromatic heterocycles. The summed E-state index contributed by atoms with van der Waals surface area (Å²) in [4.78, 5) is 2.44. The summed E-state index contributed by atoms with van der Waals surface area (Å²) >= 11 is 12.7. The van der Waals surface area contributed by atoms with Crippen LogP contribution in [0.2, 0.25) is 10.0 Å². The predicted octanol–water partition coefficient (Wildman–Crippen LogP) is 4.02. The molecule has 8 heteroatoms. The minimum absolute atomic E-state index is 0.0516. The lowest BCUT2D eigenvalue weighted by Gasteiger charge is -2.30. The van der Waals surface area contributed by atoms with Gasteiger partial charge in [0, 0.05) is 35.5 Å². The topological polar surface area (TPSA) is 55.8 Å². The molecule has 0 amide bonds. The molecule has 0 saturated heterocycles. The van der Waals surface area contributed by atoms with Gasteiger partial charge in [-0.1, -0.05) is 23.2 Å². The Hall–Kier alpha value is -1.31. The fourth-order valence-corrected chi connectivity index (χ4v) is 4.67. The van der Waals surface area contributed by atoms with Gasteiger partial charge in [-0.3, -0.25) is 4.90 Å². The molecule has 3 rings (SSSR count). The third-order valence-electron chi connectivity index (χ3n) is 4.99. The van der Waals surface area contributed by atoms with Crippen molar-refractivity contribution in [2.75, 3.05) is 33.6 Å². The van der Waals surface area contributed by atoms with E-state index in [0.29, 0.717) is 22.4 Å². The van der Waals surface area contributed by atoms with E-state index in [2.05, 4.69) is 4.90 Å². The molecule has 2 aromatic carbocycles. The molecule has 5 nitrogen and oxygen atoms in total. The average Bonchev–Trinajstić information content (AvgIpc) is 2.98. The van der Waals surface area contributed by atoms with Gasteiger partial charge in [-0.05, 0) is 55.4 Å². The van der Waals surface area contributed by atoms with E-state index in [9.17, 15) is 8.42 Å². The minimum atomic E-state index is -3.25. The maximum Gasteiger partial charge on any atom is 0.175 e. The Labute approximate surface area is 176 Å². The Morgan fingerprint density at radius 3 is 2.46 bits per heavy atom. The van der Waals surface area contributed by atoms with Crippen molar-refractivity contribution in [1.82, 2.24) is 4.90 Å². The highest BCUT2D eigenvalue weighted by atomic mass is 35.5. The zero-order valence-electron chi connectivity index (χ0n) is 16.0. The lowest BCUT2D eigenvalue weighted by molar-refractivity contribution is 0.0734. The molecule has 0 N–H and O–H groups in total. The van der Waals surface area contributed by atoms with Crippen LogP contribution in [0, 0.1) is 0 Å². The van der Waals surface area contributed by atoms with Crippen LogP contribution in [0.4, 0.5) is 0 Å². The number of fused-ring (bicyclic) bond motifs is 1. The summed E-state index contributed by atoms with van der Waals surface area (Å²) < 4.78 is 34.9. The Morgan fingerprint density at radius 1 is 1.18 bits per heavy atom. The summed E-state index contributed by atoms with van der Waals surface area (Å²) in [5, 5.41) is 1.19. The molecule has 0 spiro atoms. The first-order valence-electron chi connectivity index (χ1n) is 8.84. The zero-order chi connectivity index (χ0) is 20.5. The Kier molecular flexibility index (Phi) is 6.57. The predicted molar refractivity (Wildman–Crippen MR) is 111 cm³/mol. The summed E-state index contributed by atoms with van der Waals surface area (Å²) in [5.74, 6) is 0.589. The van der Waals surface area contributed by atoms with Gasteiger partial charge in [0.15, 0.2) is 9.84 Å². The van der Waals surface area contributed by atoms with E-state index in [1.807, 2.05) is 13.1 Å². The van der Waals surface area contributed by atoms with Crippen molar-refractivity contribution < 1.29 is 17.9 Å². The van der Waals surface area contributed by atoms with E-state index >= 15 is 0 Å². The second-order valence-electron chi connectivity index (χ2n) is 6.98. The molecule has 0 saturated carbocycles. The van der Waals surface area contributed by atoms with E-state index in [-0.39, 0.29) is 17.0 Å². The van der Waals surface area contributed by atoms with Crippen LogP contribution in [0.1, 0.15) is 17.2 Å². The van der Waals surface area contributed by atoms with Crippen LogP contribution >= 0.6 is 23.2 Å². The van der Waals surface area contributed by atoms with Crippen molar-refractivity contribution in [1.29, 1.82) is 0 Å². The molecule has 0 fully saturated rings. The number of nitrogens with zero attached hydrogens (tertiary/aromatic N) is 1. The molecule has 152 valence electrons. The number of benzene rings is 2. The van der Waals surface area contributed by atoms with Crippen molar-refractivity contribution >= 4 is 33.0 Å². The standard InChI is InChI=1S/C20H23Cl2NO4S/c1-23(8-9-26-2)19-12-16-17(10-13(21)11-18(16)22)20(19)27-14-4-6-15(7-5-14)28(3,24)25/h4-7,10-11,19-20H,8-9,12H2,1-3H3/t19-,20-/m0/s1. The smallest absolute Gasteiger partial charge is 0.175 e. The SMILES string of the molecule is COCCN(C)[C@H]1Cc2c(Cl)cc(Cl)cc2[C@@H]1Oc1ccc(S(C)(=O)=O)cc1. The van der Waals surface area contributed by atoms with E-state index in [1.54, 1.807) is 37.4 Å². The van der Waals surface area contributed by atoms with E-state index in [0.717, 1.165) is 24.1 Å². The number of methoxy groups -OCH3 is 1. The van der Waals surface area contributed by atoms with Gasteiger partial charge in [-0.15, -0.1) is 0 Å². The largest absolute Gasteiger partial charge is 0.484 e. The molecule has 2 atom stereocenters. The van der Waals surface area contributed by atoms with Crippen molar-refractivity contribution in [3.63, 3.8) is 0 Å². The average molecular weight is 444 g/mol. The van der Waals surface area contributed by atoms with Crippen molar-refractivity contribution in [2.45, 2.75) is 23.5 Å². The molecule has 1 aliphatic rings. The fourth-order valence-electron chi connectivity index (χ4n) is 3.46. The Morgan fingerprint density at radius 2 is 1.86 bits per heavy atom. The number of sulfone groups is 1. The van der Waals surface area contributed by atoms with Gasteiger partial charge < -0.3 is 9.47 Å². The number of halogens is 2. The van der Waals surface area contributed by atoms with Crippen LogP contribution in [-0.4, -0.2) is 52.9 Å². The van der Waals surface area contributed by atoms with Crippen LogP contribution in [-0.2, 0) is 21.0 Å². The molecule has 0 radical (unpaired) electrons. The van der Waals surface area contributed by atoms with Gasteiger partial charge >= 0.3 is 0 Å². The Bertz CT molecular complexity index is 947. The lowest BCUT2D eigenvalue weighted by Crippen LogP contribution is -2.39. The van der Waals surface area contributed by atoms with E-state index in [4.69, 9.17) is 32.7 Å². The highest BCUT2D eigenvalue weighted by Crippen LogP contribution is 2.42. The lowest BCUT2D eigenvalue weighted by atomic mass is 10.1. The van der Waals surface area contributed by atoms with E-state index < -0.39 is 9.84 Å². The highest BCUT2D eigenvalue weighted by molar-refractivity contribution is 7.90. The van der Waals surface area contributed by atoms with Crippen LogP contribution in [0.5, 0.6) is 5.75 Å². The molecule has 2 aromatic rings. The maximum atomic E-state index is 11.7. The first-order chi connectivity index (χ1) is 13.2. The summed E-state index contributed by atoms with van der Waals surface area (Å²) in [6.07, 6.45) is 1.63. The van der Waals surface area contributed by atoms with Gasteiger partial charge in [0.25, 0.3) is 0 Å². The minimum Gasteiger partial charge on any atom is -0.484 e. The van der Waals surface area contributed by atoms with Gasteiger partial charge in [-0.25, -0.2) is 8.42 Å². The first kappa shape index (κ1) is 21.4. The second kappa shape index (κ2) is 8.59. The molecule has 0 heterocycles. The number of rotatable bonds is 7. The van der Waals surface area contributed by atoms with Gasteiger partial charge in [0.1, 0.15) is 11.9 Å². The van der Waals surface area contributed by atoms with Gasteiger partial charge in [0.2, 0.25) is 0 Å². The van der Waals surface area contributed by atoms with Crippen molar-refractivity contribution in [3.05, 3.63) is 57.6 Å². The van der Waals surface area contributed by atoms with Crippen LogP contribution in [0.3, 0.4) is 0 Å². The number of hydrogen-bond donors (Lipinski definition) is 0. The first-order valence-corrected chi connectivity index (χ1v) is 11.5. The molecule has 0 bridgehead atoms. The monoisotopic (exact) mass is 443 g/mol. The van der Waals surface area contributed by atoms with Crippen molar-refractivity contribution in [3.8, 4) is 5.75 Å². The molecule has 28 heavy (non-hydrogen) atoms. The summed E-state index contributed by atoms with van der Waals surface area (Å²) in [6.45, 7) is 1.35. The number of hydrogen-bond acceptors (Lipinski definition) is 5. The maximum absolute atomic E-state index is 11.7. The van der Waals surface area contributed by atoms with Gasteiger partial charge in [0.05, 0.1) is 17.5 Å². The third-order valence-corrected chi connectivity index (χ3v) is 6.68. The number of likely N-dealkylation sites (N-methyl/N-ethyl adjacent to an activating group) is 1. The molecule has 0 aliphatic heterocycles. The number of ether oxygens (including phenoxy) is 2. The zero-order valence-corrected chi connectivity index (χ0v) is 18.3. The normalized spacial score (nSPS) is 19.1. The third kappa shape index (κ3) is 4.63. The molecular formula is C20H23Cl2NO4S. The quantitative estimate of drug-likeness (QED) is 0.646. The molecular weight excluding hydrogens is 421 g/mol. The second-order valence-corrected chi connectivity index (χ2v) is 9.84. The van der Waals surface area contributed by atoms with Gasteiger partial charge in [-0.2, -0.15) is 0 Å². The molecule has 1 aliphatic carbocycles. The fraction of sp³-hybridized carbons (Fsp3) is 0.400.